The van der Waals surface area contributed by atoms with Gasteiger partial charge in [-0.05, 0) is 70.6 Å². The molecule has 2 aliphatic heterocycles. The van der Waals surface area contributed by atoms with Crippen molar-refractivity contribution >= 4 is 38.5 Å². The number of amides is 1. The summed E-state index contributed by atoms with van der Waals surface area (Å²) < 4.78 is 65.2. The lowest BCUT2D eigenvalue weighted by molar-refractivity contribution is 0.0976. The zero-order chi connectivity index (χ0) is 30.5. The summed E-state index contributed by atoms with van der Waals surface area (Å²) in [5.41, 5.74) is 0.0987. The van der Waals surface area contributed by atoms with Crippen LogP contribution in [0.25, 0.3) is 0 Å². The Hall–Kier alpha value is -4.22. The molecule has 2 N–H and O–H groups in total. The summed E-state index contributed by atoms with van der Waals surface area (Å²) in [5, 5.41) is 17.8. The number of nitrogens with zero attached hydrogens (tertiary/aromatic N) is 1. The molecule has 2 aliphatic rings. The van der Waals surface area contributed by atoms with Crippen LogP contribution >= 0.6 is 11.3 Å². The topological polar surface area (TPSA) is 95.9 Å². The zero-order valence-corrected chi connectivity index (χ0v) is 24.9. The van der Waals surface area contributed by atoms with E-state index in [0.29, 0.717) is 0 Å². The van der Waals surface area contributed by atoms with Crippen LogP contribution in [0.15, 0.2) is 88.1 Å². The van der Waals surface area contributed by atoms with E-state index in [-0.39, 0.29) is 63.4 Å². The van der Waals surface area contributed by atoms with E-state index in [9.17, 15) is 18.3 Å². The molecule has 1 aromatic heterocycles. The molecule has 0 spiro atoms. The lowest BCUT2D eigenvalue weighted by atomic mass is 9.88. The molecule has 1 unspecified atom stereocenters. The molecule has 0 bridgehead atoms. The number of para-hydroxylation sites is 1. The smallest absolute Gasteiger partial charge is 0.262 e. The molecule has 0 aliphatic carbocycles. The Bertz CT molecular complexity index is 1870. The molecular weight excluding hydrogens is 594 g/mol. The molecule has 222 valence electrons. The molecule has 11 heteroatoms. The normalized spacial score (nSPS) is 18.7. The highest BCUT2D eigenvalue weighted by Gasteiger charge is 2.48. The van der Waals surface area contributed by atoms with Gasteiger partial charge in [0.1, 0.15) is 41.5 Å². The number of fused-ring (bicyclic) bond motifs is 1. The number of rotatable bonds is 5. The lowest BCUT2D eigenvalue weighted by Gasteiger charge is -2.37. The third-order valence-electron chi connectivity index (χ3n) is 7.51. The fourth-order valence-electron chi connectivity index (χ4n) is 5.73. The standard InChI is InChI=1S/C32H28F2N2O5S2/c1-32(2)15-25-30(43(39,40)18-32)29(21-11-10-20(14-24(21)34)41-16-19-12-13-42-17-19)36(26-8-5-9-27(37)28(26)35-25)31(38)22-6-3-4-7-23(22)33/h3-14,17,29,35,37H,15-16,18H2,1-2H3. The second-order valence-electron chi connectivity index (χ2n) is 11.4. The molecule has 1 amide bonds. The Labute approximate surface area is 252 Å². The first-order chi connectivity index (χ1) is 20.4. The Morgan fingerprint density at radius 1 is 1.09 bits per heavy atom. The van der Waals surface area contributed by atoms with Crippen LogP contribution in [0.5, 0.6) is 11.5 Å². The first-order valence-corrected chi connectivity index (χ1v) is 16.1. The van der Waals surface area contributed by atoms with Crippen LogP contribution in [-0.4, -0.2) is 25.2 Å². The van der Waals surface area contributed by atoms with Gasteiger partial charge in [0, 0.05) is 17.3 Å². The van der Waals surface area contributed by atoms with E-state index in [1.54, 1.807) is 13.8 Å². The number of phenols is 1. The Balaban J connectivity index is 1.59. The minimum absolute atomic E-state index is 0.0613. The predicted octanol–water partition coefficient (Wildman–Crippen LogP) is 7.18. The molecule has 1 atom stereocenters. The van der Waals surface area contributed by atoms with Gasteiger partial charge in [0.05, 0.1) is 21.9 Å². The van der Waals surface area contributed by atoms with Crippen molar-refractivity contribution in [3.05, 3.63) is 116 Å². The molecule has 7 nitrogen and oxygen atoms in total. The van der Waals surface area contributed by atoms with Gasteiger partial charge in [0.15, 0.2) is 9.84 Å². The van der Waals surface area contributed by atoms with Crippen molar-refractivity contribution in [1.29, 1.82) is 0 Å². The summed E-state index contributed by atoms with van der Waals surface area (Å²) in [4.78, 5) is 15.1. The maximum Gasteiger partial charge on any atom is 0.262 e. The number of benzene rings is 3. The van der Waals surface area contributed by atoms with Crippen LogP contribution in [0, 0.1) is 17.0 Å². The Morgan fingerprint density at radius 3 is 2.60 bits per heavy atom. The quantitative estimate of drug-likeness (QED) is 0.229. The first-order valence-electron chi connectivity index (χ1n) is 13.5. The second kappa shape index (κ2) is 10.8. The van der Waals surface area contributed by atoms with Crippen molar-refractivity contribution < 1.29 is 31.8 Å². The number of allylic oxidation sites excluding steroid dienone is 1. The van der Waals surface area contributed by atoms with E-state index in [4.69, 9.17) is 4.74 Å². The maximum absolute atomic E-state index is 16.2. The molecule has 0 saturated carbocycles. The summed E-state index contributed by atoms with van der Waals surface area (Å²) in [5.74, 6) is -2.84. The van der Waals surface area contributed by atoms with Gasteiger partial charge in [-0.2, -0.15) is 11.3 Å². The highest BCUT2D eigenvalue weighted by atomic mass is 32.2. The minimum atomic E-state index is -4.12. The zero-order valence-electron chi connectivity index (χ0n) is 23.3. The number of carbonyl (C=O) groups excluding carboxylic acids is 1. The maximum atomic E-state index is 16.2. The molecule has 0 saturated heterocycles. The molecule has 0 radical (unpaired) electrons. The monoisotopic (exact) mass is 622 g/mol. The van der Waals surface area contributed by atoms with Crippen LogP contribution in [0.3, 0.4) is 0 Å². The summed E-state index contributed by atoms with van der Waals surface area (Å²) in [6.45, 7) is 3.80. The van der Waals surface area contributed by atoms with E-state index < -0.39 is 38.8 Å². The van der Waals surface area contributed by atoms with Crippen molar-refractivity contribution in [2.75, 3.05) is 16.0 Å². The number of ether oxygens (including phenoxy) is 1. The number of hydrogen-bond acceptors (Lipinski definition) is 7. The molecule has 43 heavy (non-hydrogen) atoms. The van der Waals surface area contributed by atoms with Gasteiger partial charge >= 0.3 is 0 Å². The minimum Gasteiger partial charge on any atom is -0.506 e. The van der Waals surface area contributed by atoms with Crippen molar-refractivity contribution in [2.24, 2.45) is 5.41 Å². The number of halogens is 2. The summed E-state index contributed by atoms with van der Waals surface area (Å²) in [7, 11) is -4.12. The number of carbonyl (C=O) groups is 1. The highest BCUT2D eigenvalue weighted by Crippen LogP contribution is 2.52. The third-order valence-corrected chi connectivity index (χ3v) is 10.5. The van der Waals surface area contributed by atoms with E-state index in [0.717, 1.165) is 22.6 Å². The largest absolute Gasteiger partial charge is 0.506 e. The molecule has 3 aromatic carbocycles. The fourth-order valence-corrected chi connectivity index (χ4v) is 8.74. The van der Waals surface area contributed by atoms with Crippen molar-refractivity contribution in [3.63, 3.8) is 0 Å². The molecule has 3 heterocycles. The number of nitrogens with one attached hydrogen (secondary N) is 1. The SMILES string of the molecule is CC1(C)CC2=C(C(c3ccc(OCc4ccsc4)cc3F)N(C(=O)c3ccccc3F)c3cccc(O)c3N2)S(=O)(=O)C1. The number of thiophene rings is 1. The summed E-state index contributed by atoms with van der Waals surface area (Å²) >= 11 is 1.50. The number of anilines is 2. The molecule has 0 fully saturated rings. The van der Waals surface area contributed by atoms with Crippen LogP contribution < -0.4 is 15.0 Å². The second-order valence-corrected chi connectivity index (χ2v) is 14.1. The van der Waals surface area contributed by atoms with Gasteiger partial charge in [0.25, 0.3) is 5.91 Å². The van der Waals surface area contributed by atoms with E-state index in [1.807, 2.05) is 16.8 Å². The van der Waals surface area contributed by atoms with E-state index >= 15 is 8.78 Å². The number of aromatic hydroxyl groups is 1. The van der Waals surface area contributed by atoms with Crippen LogP contribution in [-0.2, 0) is 16.4 Å². The number of phenolic OH excluding ortho intramolecular Hbond substituents is 1. The van der Waals surface area contributed by atoms with E-state index in [2.05, 4.69) is 5.32 Å². The third kappa shape index (κ3) is 5.38. The van der Waals surface area contributed by atoms with Gasteiger partial charge in [-0.1, -0.05) is 32.0 Å². The molecular formula is C32H28F2N2O5S2. The van der Waals surface area contributed by atoms with Crippen molar-refractivity contribution in [1.82, 2.24) is 0 Å². The van der Waals surface area contributed by atoms with Gasteiger partial charge in [-0.3, -0.25) is 9.69 Å². The van der Waals surface area contributed by atoms with Gasteiger partial charge in [-0.15, -0.1) is 0 Å². The molecule has 4 aromatic rings. The number of sulfone groups is 1. The van der Waals surface area contributed by atoms with Crippen LogP contribution in [0.2, 0.25) is 0 Å². The average Bonchev–Trinajstić information content (AvgIpc) is 3.40. The highest BCUT2D eigenvalue weighted by molar-refractivity contribution is 7.95. The predicted molar refractivity (Wildman–Crippen MR) is 162 cm³/mol. The van der Waals surface area contributed by atoms with Gasteiger partial charge in [-0.25, -0.2) is 17.2 Å². The average molecular weight is 623 g/mol. The van der Waals surface area contributed by atoms with Crippen LogP contribution in [0.4, 0.5) is 20.2 Å². The summed E-state index contributed by atoms with van der Waals surface area (Å²) in [6, 6.07) is 14.1. The van der Waals surface area contributed by atoms with Gasteiger partial charge in [0.2, 0.25) is 0 Å². The Morgan fingerprint density at radius 2 is 1.88 bits per heavy atom. The van der Waals surface area contributed by atoms with E-state index in [1.165, 1.54) is 59.9 Å². The summed E-state index contributed by atoms with van der Waals surface area (Å²) in [6.07, 6.45) is 0.233. The van der Waals surface area contributed by atoms with Crippen molar-refractivity contribution in [2.45, 2.75) is 32.9 Å². The first kappa shape index (κ1) is 28.9. The fraction of sp³-hybridized carbons (Fsp3) is 0.219. The molecule has 6 rings (SSSR count). The Kier molecular flexibility index (Phi) is 7.26. The lowest BCUT2D eigenvalue weighted by Crippen LogP contribution is -2.41. The number of hydrogen-bond donors (Lipinski definition) is 2. The van der Waals surface area contributed by atoms with Crippen LogP contribution in [0.1, 0.15) is 47.8 Å². The van der Waals surface area contributed by atoms with Gasteiger partial charge < -0.3 is 15.2 Å². The van der Waals surface area contributed by atoms with Crippen molar-refractivity contribution in [3.8, 4) is 11.5 Å².